The van der Waals surface area contributed by atoms with Crippen molar-refractivity contribution in [3.63, 3.8) is 0 Å². The summed E-state index contributed by atoms with van der Waals surface area (Å²) in [6.45, 7) is 3.85. The fourth-order valence-electron chi connectivity index (χ4n) is 4.34. The Balaban J connectivity index is 1.50. The number of carbonyl (C=O) groups excluding carboxylic acids is 1. The number of nitrogens with two attached hydrogens (primary N) is 1. The molecule has 1 fully saturated rings. The van der Waals surface area contributed by atoms with Gasteiger partial charge in [0.05, 0.1) is 49.4 Å². The first-order valence-corrected chi connectivity index (χ1v) is 11.5. The highest BCUT2D eigenvalue weighted by Crippen LogP contribution is 2.32. The van der Waals surface area contributed by atoms with Crippen LogP contribution in [0.4, 0.5) is 5.95 Å². The van der Waals surface area contributed by atoms with Crippen molar-refractivity contribution in [1.82, 2.24) is 44.6 Å². The van der Waals surface area contributed by atoms with E-state index in [1.165, 1.54) is 9.20 Å². The molecule has 37 heavy (non-hydrogen) atoms. The zero-order chi connectivity index (χ0) is 25.8. The van der Waals surface area contributed by atoms with Crippen LogP contribution in [0, 0.1) is 19.3 Å². The minimum absolute atomic E-state index is 0.0344. The van der Waals surface area contributed by atoms with Crippen LogP contribution in [0.5, 0.6) is 0 Å². The van der Waals surface area contributed by atoms with Crippen molar-refractivity contribution in [2.24, 2.45) is 0 Å². The largest absolute Gasteiger partial charge is 0.383 e. The maximum atomic E-state index is 13.7. The number of fused-ring (bicyclic) bond motifs is 3. The highest BCUT2D eigenvalue weighted by Gasteiger charge is 2.43. The Morgan fingerprint density at radius 3 is 2.68 bits per heavy atom. The fraction of sp³-hybridized carbons (Fsp3) is 0.292. The molecule has 0 saturated carbocycles. The lowest BCUT2D eigenvalue weighted by Crippen LogP contribution is -2.59. The molecule has 0 radical (unpaired) electrons. The van der Waals surface area contributed by atoms with Gasteiger partial charge in [-0.3, -0.25) is 4.79 Å². The van der Waals surface area contributed by atoms with Crippen molar-refractivity contribution in [3.05, 3.63) is 60.2 Å². The molecule has 1 aliphatic heterocycles. The van der Waals surface area contributed by atoms with Crippen LogP contribution < -0.4 is 11.1 Å². The van der Waals surface area contributed by atoms with Crippen molar-refractivity contribution in [2.75, 3.05) is 25.5 Å². The molecule has 5 aromatic rings. The van der Waals surface area contributed by atoms with Gasteiger partial charge in [0.1, 0.15) is 11.3 Å². The van der Waals surface area contributed by atoms with E-state index in [4.69, 9.17) is 10.5 Å². The third kappa shape index (κ3) is 3.53. The van der Waals surface area contributed by atoms with Gasteiger partial charge in [-0.25, -0.2) is 9.67 Å². The highest BCUT2D eigenvalue weighted by atomic mass is 16.5. The van der Waals surface area contributed by atoms with Gasteiger partial charge in [0.15, 0.2) is 16.8 Å². The number of nitrogens with one attached hydrogen (secondary N) is 1. The van der Waals surface area contributed by atoms with Crippen molar-refractivity contribution >= 4 is 28.5 Å². The van der Waals surface area contributed by atoms with Crippen LogP contribution in [0.1, 0.15) is 18.2 Å². The Labute approximate surface area is 210 Å². The van der Waals surface area contributed by atoms with Gasteiger partial charge in [-0.2, -0.15) is 24.6 Å². The Kier molecular flexibility index (Phi) is 5.04. The van der Waals surface area contributed by atoms with Gasteiger partial charge in [-0.05, 0) is 19.4 Å². The molecular formula is C24H22N10O3. The molecular weight excluding hydrogens is 476 g/mol. The summed E-state index contributed by atoms with van der Waals surface area (Å²) in [4.78, 5) is 31.1. The summed E-state index contributed by atoms with van der Waals surface area (Å²) < 4.78 is 8.00. The van der Waals surface area contributed by atoms with Crippen molar-refractivity contribution in [3.8, 4) is 11.5 Å². The molecule has 4 aromatic heterocycles. The number of nitrogen functional groups attached to an aromatic ring is 1. The minimum atomic E-state index is -1.34. The number of ether oxygens (including phenoxy) is 1. The van der Waals surface area contributed by atoms with E-state index in [0.717, 1.165) is 0 Å². The fourth-order valence-corrected chi connectivity index (χ4v) is 4.34. The third-order valence-electron chi connectivity index (χ3n) is 6.55. The Hall–Kier alpha value is -4.67. The monoisotopic (exact) mass is 498 g/mol. The zero-order valence-corrected chi connectivity index (χ0v) is 20.0. The lowest BCUT2D eigenvalue weighted by molar-refractivity contribution is -0.176. The standard InChI is InChI=1S/C24H22N10O3/c1-14-17(27-9-8-26-14)18-30-19-16-10-29-34(20(16)31-22(25)33(19)32-18)23(2,15-6-4-3-5-7-15)21(35)28-11-24(36)12-37-13-24/h3-7,10,36H,11-13H2,1-2H3,(H2,25,31)(H,28,35). The molecule has 186 valence electrons. The Morgan fingerprint density at radius 1 is 1.22 bits per heavy atom. The first-order chi connectivity index (χ1) is 17.8. The van der Waals surface area contributed by atoms with E-state index in [9.17, 15) is 9.90 Å². The van der Waals surface area contributed by atoms with Gasteiger partial charge in [-0.15, -0.1) is 5.10 Å². The molecule has 0 bridgehead atoms. The number of aliphatic hydroxyl groups is 1. The Morgan fingerprint density at radius 2 is 1.97 bits per heavy atom. The molecule has 6 rings (SSSR count). The van der Waals surface area contributed by atoms with E-state index < -0.39 is 11.1 Å². The second kappa shape index (κ2) is 8.19. The summed E-state index contributed by atoms with van der Waals surface area (Å²) in [6, 6.07) is 9.19. The molecule has 13 heteroatoms. The predicted octanol–water partition coefficient (Wildman–Crippen LogP) is 0.0630. The molecule has 1 aromatic carbocycles. The summed E-state index contributed by atoms with van der Waals surface area (Å²) in [6.07, 6.45) is 6.70. The number of rotatable bonds is 6. The van der Waals surface area contributed by atoms with Gasteiger partial charge in [0.25, 0.3) is 5.91 Å². The van der Waals surface area contributed by atoms with E-state index >= 15 is 0 Å². The first kappa shape index (κ1) is 22.8. The van der Waals surface area contributed by atoms with Gasteiger partial charge in [-0.1, -0.05) is 30.3 Å². The SMILES string of the molecule is Cc1nc#cnc1-c1nc2c3cnn(C(C)(C(=O)NCC4(O)COC4)c4ccccc4)c3nc(N)n2n1. The van der Waals surface area contributed by atoms with Gasteiger partial charge >= 0.3 is 0 Å². The number of nitrogens with zero attached hydrogens (tertiary/aromatic N) is 8. The summed E-state index contributed by atoms with van der Waals surface area (Å²) in [5.74, 6) is -0.0336. The van der Waals surface area contributed by atoms with Gasteiger partial charge < -0.3 is 20.9 Å². The molecule has 5 heterocycles. The number of anilines is 1. The smallest absolute Gasteiger partial charge is 0.252 e. The topological polar surface area (TPSA) is 171 Å². The number of aromatic nitrogens is 8. The number of amides is 1. The van der Waals surface area contributed by atoms with Crippen LogP contribution in [-0.2, 0) is 15.1 Å². The average Bonchev–Trinajstić information content (AvgIpc) is 3.52. The van der Waals surface area contributed by atoms with Crippen molar-refractivity contribution in [2.45, 2.75) is 25.0 Å². The van der Waals surface area contributed by atoms with Gasteiger partial charge in [0, 0.05) is 0 Å². The van der Waals surface area contributed by atoms with E-state index in [0.29, 0.717) is 39.5 Å². The van der Waals surface area contributed by atoms with Crippen LogP contribution in [0.3, 0.4) is 0 Å². The number of benzene rings is 1. The van der Waals surface area contributed by atoms with Crippen LogP contribution in [0.25, 0.3) is 28.2 Å². The second-order valence-electron chi connectivity index (χ2n) is 9.15. The molecule has 4 N–H and O–H groups in total. The van der Waals surface area contributed by atoms with E-state index in [-0.39, 0.29) is 31.6 Å². The lowest BCUT2D eigenvalue weighted by atomic mass is 9.90. The molecule has 1 saturated heterocycles. The normalized spacial score (nSPS) is 16.2. The molecule has 1 amide bonds. The second-order valence-corrected chi connectivity index (χ2v) is 9.15. The quantitative estimate of drug-likeness (QED) is 0.291. The van der Waals surface area contributed by atoms with Crippen LogP contribution in [-0.4, -0.2) is 75.7 Å². The van der Waals surface area contributed by atoms with Gasteiger partial charge in [0.2, 0.25) is 11.8 Å². The van der Waals surface area contributed by atoms with E-state index in [1.807, 2.05) is 30.3 Å². The summed E-state index contributed by atoms with van der Waals surface area (Å²) in [5.41, 5.74) is 6.28. The lowest BCUT2D eigenvalue weighted by Gasteiger charge is -2.37. The molecule has 1 unspecified atom stereocenters. The van der Waals surface area contributed by atoms with Crippen molar-refractivity contribution in [1.29, 1.82) is 0 Å². The molecule has 0 aliphatic carbocycles. The number of aryl methyl sites for hydroxylation is 1. The minimum Gasteiger partial charge on any atom is -0.383 e. The molecule has 1 atom stereocenters. The summed E-state index contributed by atoms with van der Waals surface area (Å²) >= 11 is 0. The maximum absolute atomic E-state index is 13.7. The summed E-state index contributed by atoms with van der Waals surface area (Å²) in [5, 5.41) is 22.9. The number of hydrogen-bond acceptors (Lipinski definition) is 10. The maximum Gasteiger partial charge on any atom is 0.252 e. The van der Waals surface area contributed by atoms with Crippen LogP contribution in [0.2, 0.25) is 0 Å². The summed E-state index contributed by atoms with van der Waals surface area (Å²) in [7, 11) is 0. The van der Waals surface area contributed by atoms with E-state index in [2.05, 4.69) is 47.8 Å². The molecule has 0 spiro atoms. The predicted molar refractivity (Wildman–Crippen MR) is 130 cm³/mol. The average molecular weight is 499 g/mol. The highest BCUT2D eigenvalue weighted by molar-refractivity contribution is 5.94. The first-order valence-electron chi connectivity index (χ1n) is 11.5. The van der Waals surface area contributed by atoms with Crippen LogP contribution in [0.15, 0.2) is 36.5 Å². The zero-order valence-electron chi connectivity index (χ0n) is 20.0. The number of hydrogen-bond donors (Lipinski definition) is 3. The molecule has 1 aliphatic rings. The molecule has 13 nitrogen and oxygen atoms in total. The third-order valence-corrected chi connectivity index (χ3v) is 6.55. The Bertz CT molecular complexity index is 1640. The van der Waals surface area contributed by atoms with Crippen molar-refractivity contribution < 1.29 is 14.6 Å². The number of carbonyl (C=O) groups is 1. The van der Waals surface area contributed by atoms with Crippen LogP contribution >= 0.6 is 0 Å². The van der Waals surface area contributed by atoms with E-state index in [1.54, 1.807) is 20.0 Å².